The van der Waals surface area contributed by atoms with E-state index in [1.54, 1.807) is 12.1 Å². The fourth-order valence-electron chi connectivity index (χ4n) is 2.06. The van der Waals surface area contributed by atoms with Gasteiger partial charge in [-0.2, -0.15) is 0 Å². The Morgan fingerprint density at radius 2 is 1.84 bits per heavy atom. The second-order valence-corrected chi connectivity index (χ2v) is 5.85. The second kappa shape index (κ2) is 6.56. The van der Waals surface area contributed by atoms with Gasteiger partial charge in [-0.25, -0.2) is 0 Å². The molecule has 2 aromatic rings. The van der Waals surface area contributed by atoms with Crippen LogP contribution in [0.3, 0.4) is 0 Å². The van der Waals surface area contributed by atoms with Crippen molar-refractivity contribution in [1.29, 1.82) is 0 Å². The van der Waals surface area contributed by atoms with Crippen LogP contribution < -0.4 is 0 Å². The van der Waals surface area contributed by atoms with E-state index in [1.807, 2.05) is 18.2 Å². The van der Waals surface area contributed by atoms with E-state index in [4.69, 9.17) is 11.6 Å². The Hall–Kier alpha value is -0.830. The molecule has 0 bridgehead atoms. The average Bonchev–Trinajstić information content (AvgIpc) is 2.39. The molecule has 2 rings (SSSR count). The summed E-state index contributed by atoms with van der Waals surface area (Å²) in [7, 11) is 0. The molecule has 0 radical (unpaired) electrons. The fraction of sp³-hybridized carbons (Fsp3) is 0.250. The zero-order valence-corrected chi connectivity index (χ0v) is 13.1. The summed E-state index contributed by atoms with van der Waals surface area (Å²) in [5.74, 6) is 0. The number of halogens is 2. The van der Waals surface area contributed by atoms with Gasteiger partial charge >= 0.3 is 0 Å². The molecule has 1 N–H and O–H groups in total. The highest BCUT2D eigenvalue weighted by molar-refractivity contribution is 9.10. The molecule has 19 heavy (non-hydrogen) atoms. The summed E-state index contributed by atoms with van der Waals surface area (Å²) in [6.45, 7) is 2.16. The van der Waals surface area contributed by atoms with Gasteiger partial charge in [0.2, 0.25) is 0 Å². The Bertz CT molecular complexity index is 551. The highest BCUT2D eigenvalue weighted by atomic mass is 79.9. The monoisotopic (exact) mass is 338 g/mol. The molecule has 0 saturated carbocycles. The van der Waals surface area contributed by atoms with Crippen LogP contribution in [0.15, 0.2) is 46.9 Å². The summed E-state index contributed by atoms with van der Waals surface area (Å²) in [5, 5.41) is 11.1. The normalized spacial score (nSPS) is 12.4. The number of aliphatic hydroxyl groups is 1. The number of hydrogen-bond donors (Lipinski definition) is 1. The Kier molecular flexibility index (Phi) is 5.03. The molecule has 0 aliphatic carbocycles. The number of rotatable bonds is 4. The van der Waals surface area contributed by atoms with Gasteiger partial charge in [-0.3, -0.25) is 0 Å². The first-order valence-corrected chi connectivity index (χ1v) is 7.50. The second-order valence-electron chi connectivity index (χ2n) is 4.56. The summed E-state index contributed by atoms with van der Waals surface area (Å²) in [5.41, 5.74) is 3.02. The molecule has 0 fully saturated rings. The predicted molar refractivity (Wildman–Crippen MR) is 83.7 cm³/mol. The van der Waals surface area contributed by atoms with Crippen LogP contribution in [0.25, 0.3) is 0 Å². The minimum atomic E-state index is -0.637. The van der Waals surface area contributed by atoms with Crippen molar-refractivity contribution in [2.75, 3.05) is 0 Å². The first-order valence-electron chi connectivity index (χ1n) is 6.33. The number of aliphatic hydroxyl groups excluding tert-OH is 1. The van der Waals surface area contributed by atoms with Gasteiger partial charge in [0, 0.05) is 9.50 Å². The fourth-order valence-corrected chi connectivity index (χ4v) is 2.96. The highest BCUT2D eigenvalue weighted by Crippen LogP contribution is 2.30. The summed E-state index contributed by atoms with van der Waals surface area (Å²) < 4.78 is 0.824. The Balaban J connectivity index is 2.25. The number of benzene rings is 2. The van der Waals surface area contributed by atoms with Gasteiger partial charge < -0.3 is 5.11 Å². The zero-order chi connectivity index (χ0) is 13.8. The Morgan fingerprint density at radius 3 is 2.42 bits per heavy atom. The smallest absolute Gasteiger partial charge is 0.105 e. The lowest BCUT2D eigenvalue weighted by Crippen LogP contribution is -2.01. The largest absolute Gasteiger partial charge is 0.384 e. The number of aryl methyl sites for hydroxylation is 1. The third kappa shape index (κ3) is 3.59. The van der Waals surface area contributed by atoms with Gasteiger partial charge in [-0.1, -0.05) is 71.2 Å². The van der Waals surface area contributed by atoms with E-state index < -0.39 is 6.10 Å². The summed E-state index contributed by atoms with van der Waals surface area (Å²) in [6.07, 6.45) is 1.56. The molecule has 2 aromatic carbocycles. The van der Waals surface area contributed by atoms with Gasteiger partial charge in [0.05, 0.1) is 0 Å². The van der Waals surface area contributed by atoms with Gasteiger partial charge in [-0.05, 0) is 35.2 Å². The lowest BCUT2D eigenvalue weighted by atomic mass is 9.99. The maximum Gasteiger partial charge on any atom is 0.105 e. The van der Waals surface area contributed by atoms with Crippen molar-refractivity contribution >= 4 is 27.5 Å². The van der Waals surface area contributed by atoms with Crippen LogP contribution in [0, 0.1) is 0 Å². The first-order chi connectivity index (χ1) is 9.11. The molecule has 0 aliphatic heterocycles. The maximum absolute atomic E-state index is 10.4. The molecule has 0 saturated heterocycles. The van der Waals surface area contributed by atoms with Crippen molar-refractivity contribution in [1.82, 2.24) is 0 Å². The van der Waals surface area contributed by atoms with E-state index in [0.29, 0.717) is 5.02 Å². The molecule has 0 aromatic heterocycles. The molecule has 3 heteroatoms. The Morgan fingerprint density at radius 1 is 1.16 bits per heavy atom. The molecule has 0 amide bonds. The predicted octanol–water partition coefficient (Wildman–Crippen LogP) is 5.14. The van der Waals surface area contributed by atoms with Gasteiger partial charge in [0.15, 0.2) is 0 Å². The minimum absolute atomic E-state index is 0.637. The first kappa shape index (κ1) is 14.6. The van der Waals surface area contributed by atoms with Crippen molar-refractivity contribution < 1.29 is 5.11 Å². The van der Waals surface area contributed by atoms with Crippen LogP contribution in [0.1, 0.15) is 36.1 Å². The van der Waals surface area contributed by atoms with Crippen LogP contribution >= 0.6 is 27.5 Å². The molecule has 0 spiro atoms. The topological polar surface area (TPSA) is 20.2 Å². The average molecular weight is 340 g/mol. The van der Waals surface area contributed by atoms with E-state index in [-0.39, 0.29) is 0 Å². The molecule has 1 nitrogen and oxygen atoms in total. The van der Waals surface area contributed by atoms with Crippen LogP contribution in [-0.4, -0.2) is 5.11 Å². The van der Waals surface area contributed by atoms with E-state index in [9.17, 15) is 5.11 Å². The van der Waals surface area contributed by atoms with Gasteiger partial charge in [0.1, 0.15) is 6.10 Å². The maximum atomic E-state index is 10.4. The molecule has 1 atom stereocenters. The molecule has 0 heterocycles. The van der Waals surface area contributed by atoms with Crippen molar-refractivity contribution in [3.63, 3.8) is 0 Å². The van der Waals surface area contributed by atoms with Crippen molar-refractivity contribution in [3.8, 4) is 0 Å². The van der Waals surface area contributed by atoms with Crippen LogP contribution in [0.5, 0.6) is 0 Å². The standard InChI is InChI=1S/C16H16BrClO/c1-2-3-11-4-6-12(7-5-11)16(19)14-9-8-13(18)10-15(14)17/h4-10,16,19H,2-3H2,1H3. The van der Waals surface area contributed by atoms with Gasteiger partial charge in [-0.15, -0.1) is 0 Å². The lowest BCUT2D eigenvalue weighted by Gasteiger charge is -2.14. The van der Waals surface area contributed by atoms with Gasteiger partial charge in [0.25, 0.3) is 0 Å². The summed E-state index contributed by atoms with van der Waals surface area (Å²) in [4.78, 5) is 0. The van der Waals surface area contributed by atoms with Crippen molar-refractivity contribution in [2.24, 2.45) is 0 Å². The van der Waals surface area contributed by atoms with E-state index in [2.05, 4.69) is 35.0 Å². The minimum Gasteiger partial charge on any atom is -0.384 e. The third-order valence-corrected chi connectivity index (χ3v) is 4.01. The van der Waals surface area contributed by atoms with E-state index in [0.717, 1.165) is 28.4 Å². The molecule has 100 valence electrons. The van der Waals surface area contributed by atoms with Crippen LogP contribution in [0.4, 0.5) is 0 Å². The van der Waals surface area contributed by atoms with Crippen LogP contribution in [0.2, 0.25) is 5.02 Å². The Labute approximate surface area is 127 Å². The molecule has 1 unspecified atom stereocenters. The van der Waals surface area contributed by atoms with E-state index >= 15 is 0 Å². The molecular weight excluding hydrogens is 324 g/mol. The molecule has 0 aliphatic rings. The van der Waals surface area contributed by atoms with Crippen LogP contribution in [-0.2, 0) is 6.42 Å². The highest BCUT2D eigenvalue weighted by Gasteiger charge is 2.13. The van der Waals surface area contributed by atoms with Crippen molar-refractivity contribution in [2.45, 2.75) is 25.9 Å². The summed E-state index contributed by atoms with van der Waals surface area (Å²) >= 11 is 9.35. The lowest BCUT2D eigenvalue weighted by molar-refractivity contribution is 0.219. The summed E-state index contributed by atoms with van der Waals surface area (Å²) in [6, 6.07) is 13.5. The van der Waals surface area contributed by atoms with Crippen molar-refractivity contribution in [3.05, 3.63) is 68.7 Å². The van der Waals surface area contributed by atoms with E-state index in [1.165, 1.54) is 5.56 Å². The number of hydrogen-bond acceptors (Lipinski definition) is 1. The third-order valence-electron chi connectivity index (χ3n) is 3.09. The SMILES string of the molecule is CCCc1ccc(C(O)c2ccc(Cl)cc2Br)cc1. The quantitative estimate of drug-likeness (QED) is 0.818. The molecular formula is C16H16BrClO. The zero-order valence-electron chi connectivity index (χ0n) is 10.7.